The molecule has 1 aromatic rings. The molecule has 0 amide bonds. The Labute approximate surface area is 107 Å². The largest absolute Gasteiger partial charge is 0.398 e. The Hall–Kier alpha value is -0.770. The zero-order valence-corrected chi connectivity index (χ0v) is 10.7. The molecule has 2 rings (SSSR count). The molecular formula is C13H20ClN3. The summed E-state index contributed by atoms with van der Waals surface area (Å²) in [6.45, 7) is 0. The number of halogens is 1. The van der Waals surface area contributed by atoms with Gasteiger partial charge in [0.15, 0.2) is 0 Å². The maximum atomic E-state index is 6.02. The minimum atomic E-state index is 0.146. The van der Waals surface area contributed by atoms with Gasteiger partial charge in [-0.25, -0.2) is 0 Å². The molecule has 0 spiro atoms. The standard InChI is InChI=1S/C13H20ClN3/c14-10-6-7-11(12(15)8-10)13(17-16)9-4-2-1-3-5-9/h6-9,13,17H,1-5,15-16H2. The van der Waals surface area contributed by atoms with Crippen LogP contribution in [0, 0.1) is 5.92 Å². The smallest absolute Gasteiger partial charge is 0.0508 e. The van der Waals surface area contributed by atoms with Crippen LogP contribution in [-0.4, -0.2) is 0 Å². The molecule has 5 N–H and O–H groups in total. The maximum absolute atomic E-state index is 6.02. The average Bonchev–Trinajstić information content (AvgIpc) is 2.34. The summed E-state index contributed by atoms with van der Waals surface area (Å²) >= 11 is 5.92. The third-order valence-electron chi connectivity index (χ3n) is 3.68. The van der Waals surface area contributed by atoms with Gasteiger partial charge in [-0.05, 0) is 36.5 Å². The molecule has 1 aliphatic carbocycles. The molecule has 0 radical (unpaired) electrons. The van der Waals surface area contributed by atoms with Crippen molar-refractivity contribution in [3.63, 3.8) is 0 Å². The lowest BCUT2D eigenvalue weighted by molar-refractivity contribution is 0.274. The summed E-state index contributed by atoms with van der Waals surface area (Å²) in [6.07, 6.45) is 6.35. The van der Waals surface area contributed by atoms with Gasteiger partial charge < -0.3 is 5.73 Å². The highest BCUT2D eigenvalue weighted by atomic mass is 35.5. The first-order valence-electron chi connectivity index (χ1n) is 6.23. The first kappa shape index (κ1) is 12.7. The van der Waals surface area contributed by atoms with Crippen molar-refractivity contribution < 1.29 is 0 Å². The van der Waals surface area contributed by atoms with Crippen LogP contribution >= 0.6 is 11.6 Å². The van der Waals surface area contributed by atoms with E-state index in [0.717, 1.165) is 11.3 Å². The second kappa shape index (κ2) is 5.71. The number of benzene rings is 1. The summed E-state index contributed by atoms with van der Waals surface area (Å²) < 4.78 is 0. The van der Waals surface area contributed by atoms with Crippen molar-refractivity contribution >= 4 is 17.3 Å². The van der Waals surface area contributed by atoms with E-state index in [0.29, 0.717) is 10.9 Å². The van der Waals surface area contributed by atoms with Gasteiger partial charge in [-0.15, -0.1) is 0 Å². The van der Waals surface area contributed by atoms with Crippen LogP contribution < -0.4 is 17.0 Å². The van der Waals surface area contributed by atoms with Crippen molar-refractivity contribution in [1.82, 2.24) is 5.43 Å². The lowest BCUT2D eigenvalue weighted by atomic mass is 9.81. The minimum absolute atomic E-state index is 0.146. The summed E-state index contributed by atoms with van der Waals surface area (Å²) in [5.41, 5.74) is 10.8. The van der Waals surface area contributed by atoms with E-state index >= 15 is 0 Å². The van der Waals surface area contributed by atoms with Crippen molar-refractivity contribution in [1.29, 1.82) is 0 Å². The molecule has 0 heterocycles. The van der Waals surface area contributed by atoms with Crippen LogP contribution in [0.25, 0.3) is 0 Å². The molecule has 1 fully saturated rings. The number of nitrogen functional groups attached to an aromatic ring is 1. The normalized spacial score (nSPS) is 19.2. The predicted octanol–water partition coefficient (Wildman–Crippen LogP) is 3.01. The Bertz CT molecular complexity index is 375. The number of hydrogen-bond donors (Lipinski definition) is 3. The lowest BCUT2D eigenvalue weighted by Gasteiger charge is -2.30. The van der Waals surface area contributed by atoms with E-state index in [1.54, 1.807) is 6.07 Å². The average molecular weight is 254 g/mol. The van der Waals surface area contributed by atoms with Crippen molar-refractivity contribution in [3.05, 3.63) is 28.8 Å². The van der Waals surface area contributed by atoms with Crippen LogP contribution in [0.3, 0.4) is 0 Å². The quantitative estimate of drug-likeness (QED) is 0.441. The van der Waals surface area contributed by atoms with Crippen molar-refractivity contribution in [2.45, 2.75) is 38.1 Å². The SMILES string of the molecule is NNC(c1ccc(Cl)cc1N)C1CCCCC1. The van der Waals surface area contributed by atoms with Gasteiger partial charge in [0.25, 0.3) is 0 Å². The number of nitrogens with two attached hydrogens (primary N) is 2. The molecule has 1 saturated carbocycles. The van der Waals surface area contributed by atoms with Crippen LogP contribution in [-0.2, 0) is 0 Å². The van der Waals surface area contributed by atoms with Crippen LogP contribution in [0.4, 0.5) is 5.69 Å². The monoisotopic (exact) mass is 253 g/mol. The van der Waals surface area contributed by atoms with Gasteiger partial charge in [0.05, 0.1) is 6.04 Å². The highest BCUT2D eigenvalue weighted by Gasteiger charge is 2.25. The Morgan fingerprint density at radius 3 is 2.53 bits per heavy atom. The zero-order chi connectivity index (χ0) is 12.3. The first-order chi connectivity index (χ1) is 8.22. The summed E-state index contributed by atoms with van der Waals surface area (Å²) in [7, 11) is 0. The van der Waals surface area contributed by atoms with Gasteiger partial charge in [-0.1, -0.05) is 36.9 Å². The molecule has 17 heavy (non-hydrogen) atoms. The molecule has 0 bridgehead atoms. The summed E-state index contributed by atoms with van der Waals surface area (Å²) in [4.78, 5) is 0. The first-order valence-corrected chi connectivity index (χ1v) is 6.61. The number of hydrogen-bond acceptors (Lipinski definition) is 3. The molecule has 1 atom stereocenters. The van der Waals surface area contributed by atoms with E-state index < -0.39 is 0 Å². The van der Waals surface area contributed by atoms with Crippen molar-refractivity contribution in [3.8, 4) is 0 Å². The third-order valence-corrected chi connectivity index (χ3v) is 3.92. The minimum Gasteiger partial charge on any atom is -0.398 e. The maximum Gasteiger partial charge on any atom is 0.0508 e. The topological polar surface area (TPSA) is 64.1 Å². The molecule has 0 saturated heterocycles. The Morgan fingerprint density at radius 2 is 1.94 bits per heavy atom. The van der Waals surface area contributed by atoms with Gasteiger partial charge in [0.1, 0.15) is 0 Å². The highest BCUT2D eigenvalue weighted by Crippen LogP contribution is 2.36. The zero-order valence-electron chi connectivity index (χ0n) is 9.95. The molecule has 4 heteroatoms. The Kier molecular flexibility index (Phi) is 4.26. The van der Waals surface area contributed by atoms with E-state index in [9.17, 15) is 0 Å². The number of rotatable bonds is 3. The van der Waals surface area contributed by atoms with Gasteiger partial charge >= 0.3 is 0 Å². The molecule has 0 aliphatic heterocycles. The van der Waals surface area contributed by atoms with Gasteiger partial charge in [0, 0.05) is 10.7 Å². The van der Waals surface area contributed by atoms with Crippen LogP contribution in [0.5, 0.6) is 0 Å². The van der Waals surface area contributed by atoms with E-state index in [2.05, 4.69) is 5.43 Å². The van der Waals surface area contributed by atoms with E-state index in [-0.39, 0.29) is 6.04 Å². The summed E-state index contributed by atoms with van der Waals surface area (Å²) in [5, 5.41) is 0.672. The Balaban J connectivity index is 2.21. The summed E-state index contributed by atoms with van der Waals surface area (Å²) in [5.74, 6) is 6.28. The molecular weight excluding hydrogens is 234 g/mol. The highest BCUT2D eigenvalue weighted by molar-refractivity contribution is 6.30. The fourth-order valence-electron chi connectivity index (χ4n) is 2.78. The number of anilines is 1. The molecule has 0 aromatic heterocycles. The molecule has 1 aromatic carbocycles. The van der Waals surface area contributed by atoms with E-state index in [1.165, 1.54) is 32.1 Å². The summed E-state index contributed by atoms with van der Waals surface area (Å²) in [6, 6.07) is 5.80. The third kappa shape index (κ3) is 2.92. The van der Waals surface area contributed by atoms with E-state index in [4.69, 9.17) is 23.2 Å². The van der Waals surface area contributed by atoms with Gasteiger partial charge in [-0.3, -0.25) is 11.3 Å². The number of nitrogens with one attached hydrogen (secondary N) is 1. The molecule has 1 aliphatic rings. The Morgan fingerprint density at radius 1 is 1.24 bits per heavy atom. The predicted molar refractivity (Wildman–Crippen MR) is 72.5 cm³/mol. The van der Waals surface area contributed by atoms with Crippen molar-refractivity contribution in [2.75, 3.05) is 5.73 Å². The lowest BCUT2D eigenvalue weighted by Crippen LogP contribution is -2.35. The fourth-order valence-corrected chi connectivity index (χ4v) is 2.96. The van der Waals surface area contributed by atoms with Crippen molar-refractivity contribution in [2.24, 2.45) is 11.8 Å². The van der Waals surface area contributed by atoms with E-state index in [1.807, 2.05) is 12.1 Å². The molecule has 1 unspecified atom stereocenters. The van der Waals surface area contributed by atoms with Gasteiger partial charge in [-0.2, -0.15) is 0 Å². The van der Waals surface area contributed by atoms with Crippen LogP contribution in [0.15, 0.2) is 18.2 Å². The van der Waals surface area contributed by atoms with Gasteiger partial charge in [0.2, 0.25) is 0 Å². The van der Waals surface area contributed by atoms with Crippen LogP contribution in [0.1, 0.15) is 43.7 Å². The molecule has 94 valence electrons. The van der Waals surface area contributed by atoms with Crippen LogP contribution in [0.2, 0.25) is 5.02 Å². The second-order valence-corrected chi connectivity index (χ2v) is 5.25. The second-order valence-electron chi connectivity index (χ2n) is 4.82. The number of hydrazine groups is 1. The fraction of sp³-hybridized carbons (Fsp3) is 0.538. The molecule has 3 nitrogen and oxygen atoms in total.